The minimum Gasteiger partial charge on any atom is -0.325 e. The Hall–Kier alpha value is -1.35. The van der Waals surface area contributed by atoms with Crippen molar-refractivity contribution in [2.24, 2.45) is 5.73 Å². The lowest BCUT2D eigenvalue weighted by Gasteiger charge is -2.23. The summed E-state index contributed by atoms with van der Waals surface area (Å²) in [4.78, 5) is 4.93. The predicted octanol–water partition coefficient (Wildman–Crippen LogP) is 3.49. The Morgan fingerprint density at radius 3 is 2.75 bits per heavy atom. The van der Waals surface area contributed by atoms with Crippen molar-refractivity contribution in [3.8, 4) is 0 Å². The van der Waals surface area contributed by atoms with E-state index in [4.69, 9.17) is 10.7 Å². The van der Waals surface area contributed by atoms with E-state index in [1.807, 2.05) is 0 Å². The molecule has 0 aliphatic heterocycles. The fraction of sp³-hybridized carbons (Fsp3) is 0.588. The number of aromatic nitrogens is 2. The van der Waals surface area contributed by atoms with E-state index in [1.165, 1.54) is 42.6 Å². The zero-order chi connectivity index (χ0) is 13.7. The highest BCUT2D eigenvalue weighted by atomic mass is 15.1. The predicted molar refractivity (Wildman–Crippen MR) is 81.8 cm³/mol. The van der Waals surface area contributed by atoms with Crippen LogP contribution in [0.15, 0.2) is 18.2 Å². The summed E-state index contributed by atoms with van der Waals surface area (Å²) in [5, 5.41) is 0. The lowest BCUT2D eigenvalue weighted by molar-refractivity contribution is 0.419. The second-order valence-electron chi connectivity index (χ2n) is 6.87. The Labute approximate surface area is 120 Å². The maximum atomic E-state index is 6.58. The van der Waals surface area contributed by atoms with Gasteiger partial charge >= 0.3 is 0 Å². The van der Waals surface area contributed by atoms with Gasteiger partial charge in [0, 0.05) is 18.0 Å². The van der Waals surface area contributed by atoms with Gasteiger partial charge in [0.2, 0.25) is 0 Å². The van der Waals surface area contributed by atoms with Gasteiger partial charge in [-0.25, -0.2) is 4.98 Å². The molecule has 2 N–H and O–H groups in total. The van der Waals surface area contributed by atoms with E-state index >= 15 is 0 Å². The second-order valence-corrected chi connectivity index (χ2v) is 6.87. The minimum atomic E-state index is -0.0109. The summed E-state index contributed by atoms with van der Waals surface area (Å²) < 4.78 is 2.47. The summed E-state index contributed by atoms with van der Waals surface area (Å²) >= 11 is 0. The van der Waals surface area contributed by atoms with Crippen LogP contribution in [0.3, 0.4) is 0 Å². The van der Waals surface area contributed by atoms with Crippen molar-refractivity contribution in [2.45, 2.75) is 63.5 Å². The summed E-state index contributed by atoms with van der Waals surface area (Å²) in [6, 6.07) is 7.30. The summed E-state index contributed by atoms with van der Waals surface area (Å²) in [6.07, 6.45) is 8.39. The van der Waals surface area contributed by atoms with Crippen LogP contribution in [0.2, 0.25) is 0 Å². The zero-order valence-electron chi connectivity index (χ0n) is 12.2. The molecule has 0 bridgehead atoms. The zero-order valence-corrected chi connectivity index (χ0v) is 12.2. The number of aryl methyl sites for hydroxylation is 1. The van der Waals surface area contributed by atoms with E-state index < -0.39 is 0 Å². The lowest BCUT2D eigenvalue weighted by atomic mass is 9.94. The molecule has 2 aliphatic rings. The molecule has 0 spiro atoms. The number of imidazole rings is 1. The first kappa shape index (κ1) is 12.4. The quantitative estimate of drug-likeness (QED) is 0.927. The third kappa shape index (κ3) is 2.05. The Bertz CT molecular complexity index is 646. The van der Waals surface area contributed by atoms with Crippen molar-refractivity contribution < 1.29 is 0 Å². The highest BCUT2D eigenvalue weighted by molar-refractivity contribution is 5.77. The van der Waals surface area contributed by atoms with Gasteiger partial charge in [-0.05, 0) is 50.3 Å². The lowest BCUT2D eigenvalue weighted by Crippen LogP contribution is -2.39. The van der Waals surface area contributed by atoms with Gasteiger partial charge in [0.05, 0.1) is 11.0 Å². The van der Waals surface area contributed by atoms with Crippen LogP contribution in [-0.4, -0.2) is 15.1 Å². The van der Waals surface area contributed by atoms with Gasteiger partial charge in [0.15, 0.2) is 0 Å². The first-order valence-electron chi connectivity index (χ1n) is 7.91. The molecule has 1 heterocycles. The largest absolute Gasteiger partial charge is 0.325 e. The Kier molecular flexibility index (Phi) is 2.68. The fourth-order valence-electron chi connectivity index (χ4n) is 3.69. The number of benzene rings is 1. The molecule has 0 amide bonds. The van der Waals surface area contributed by atoms with Crippen molar-refractivity contribution in [3.63, 3.8) is 0 Å². The molecular formula is C17H23N3. The topological polar surface area (TPSA) is 43.8 Å². The number of fused-ring (bicyclic) bond motifs is 1. The minimum absolute atomic E-state index is 0.0109. The standard InChI is InChI=1S/C17H23N3/c1-12-4-7-15-14(10-12)19-16(20(15)13-5-6-13)11-17(18)8-2-3-9-17/h4,7,10,13H,2-3,5-6,8-9,11,18H2,1H3. The first-order chi connectivity index (χ1) is 9.65. The summed E-state index contributed by atoms with van der Waals surface area (Å²) in [5.74, 6) is 1.22. The monoisotopic (exact) mass is 269 g/mol. The van der Waals surface area contributed by atoms with E-state index in [-0.39, 0.29) is 5.54 Å². The van der Waals surface area contributed by atoms with Crippen molar-refractivity contribution in [1.82, 2.24) is 9.55 Å². The average Bonchev–Trinajstić information content (AvgIpc) is 3.06. The molecule has 0 unspecified atom stereocenters. The number of nitrogens with zero attached hydrogens (tertiary/aromatic N) is 2. The molecular weight excluding hydrogens is 246 g/mol. The molecule has 2 aromatic rings. The van der Waals surface area contributed by atoms with Gasteiger partial charge in [-0.1, -0.05) is 18.9 Å². The van der Waals surface area contributed by atoms with Crippen LogP contribution in [0.5, 0.6) is 0 Å². The number of nitrogens with two attached hydrogens (primary N) is 1. The van der Waals surface area contributed by atoms with Gasteiger partial charge in [0.25, 0.3) is 0 Å². The van der Waals surface area contributed by atoms with Crippen LogP contribution in [-0.2, 0) is 6.42 Å². The molecule has 2 fully saturated rings. The van der Waals surface area contributed by atoms with Crippen molar-refractivity contribution in [2.75, 3.05) is 0 Å². The Morgan fingerprint density at radius 2 is 2.05 bits per heavy atom. The van der Waals surface area contributed by atoms with Crippen LogP contribution in [0, 0.1) is 6.92 Å². The molecule has 2 saturated carbocycles. The third-order valence-corrected chi connectivity index (χ3v) is 4.94. The highest BCUT2D eigenvalue weighted by Gasteiger charge is 2.34. The summed E-state index contributed by atoms with van der Waals surface area (Å²) in [5.41, 5.74) is 10.3. The maximum Gasteiger partial charge on any atom is 0.111 e. The van der Waals surface area contributed by atoms with Crippen LogP contribution in [0.4, 0.5) is 0 Å². The van der Waals surface area contributed by atoms with Crippen molar-refractivity contribution >= 4 is 11.0 Å². The first-order valence-corrected chi connectivity index (χ1v) is 7.91. The molecule has 4 rings (SSSR count). The smallest absolute Gasteiger partial charge is 0.111 e. The molecule has 0 saturated heterocycles. The van der Waals surface area contributed by atoms with Crippen molar-refractivity contribution in [3.05, 3.63) is 29.6 Å². The molecule has 106 valence electrons. The molecule has 20 heavy (non-hydrogen) atoms. The maximum absolute atomic E-state index is 6.58. The van der Waals surface area contributed by atoms with Gasteiger partial charge in [0.1, 0.15) is 5.82 Å². The van der Waals surface area contributed by atoms with E-state index in [2.05, 4.69) is 29.7 Å². The van der Waals surface area contributed by atoms with Crippen molar-refractivity contribution in [1.29, 1.82) is 0 Å². The van der Waals surface area contributed by atoms with E-state index in [0.717, 1.165) is 24.8 Å². The van der Waals surface area contributed by atoms with E-state index in [9.17, 15) is 0 Å². The van der Waals surface area contributed by atoms with Crippen LogP contribution < -0.4 is 5.73 Å². The Morgan fingerprint density at radius 1 is 1.30 bits per heavy atom. The fourth-order valence-corrected chi connectivity index (χ4v) is 3.69. The summed E-state index contributed by atoms with van der Waals surface area (Å²) in [6.45, 7) is 2.14. The molecule has 3 heteroatoms. The SMILES string of the molecule is Cc1ccc2c(c1)nc(CC1(N)CCCC1)n2C1CC1. The number of rotatable bonds is 3. The van der Waals surface area contributed by atoms with Crippen LogP contribution in [0.1, 0.15) is 56.0 Å². The highest BCUT2D eigenvalue weighted by Crippen LogP contribution is 2.40. The van der Waals surface area contributed by atoms with Gasteiger partial charge in [-0.15, -0.1) is 0 Å². The molecule has 3 nitrogen and oxygen atoms in total. The van der Waals surface area contributed by atoms with Crippen LogP contribution in [0.25, 0.3) is 11.0 Å². The molecule has 2 aliphatic carbocycles. The molecule has 0 radical (unpaired) electrons. The van der Waals surface area contributed by atoms with Gasteiger partial charge < -0.3 is 10.3 Å². The number of hydrogen-bond acceptors (Lipinski definition) is 2. The number of hydrogen-bond donors (Lipinski definition) is 1. The van der Waals surface area contributed by atoms with Crippen LogP contribution >= 0.6 is 0 Å². The molecule has 1 aromatic carbocycles. The summed E-state index contributed by atoms with van der Waals surface area (Å²) in [7, 11) is 0. The van der Waals surface area contributed by atoms with Gasteiger partial charge in [-0.3, -0.25) is 0 Å². The normalized spacial score (nSPS) is 21.7. The van der Waals surface area contributed by atoms with E-state index in [1.54, 1.807) is 0 Å². The second kappa shape index (κ2) is 4.32. The molecule has 0 atom stereocenters. The molecule has 1 aromatic heterocycles. The average molecular weight is 269 g/mol. The van der Waals surface area contributed by atoms with E-state index in [0.29, 0.717) is 6.04 Å². The Balaban J connectivity index is 1.79. The van der Waals surface area contributed by atoms with Gasteiger partial charge in [-0.2, -0.15) is 0 Å². The third-order valence-electron chi connectivity index (χ3n) is 4.94.